The van der Waals surface area contributed by atoms with E-state index in [4.69, 9.17) is 9.47 Å². The molecule has 0 unspecified atom stereocenters. The maximum atomic E-state index is 12.1. The van der Waals surface area contributed by atoms with E-state index in [1.807, 2.05) is 78.9 Å². The summed E-state index contributed by atoms with van der Waals surface area (Å²) in [6.07, 6.45) is 0. The SMILES string of the molecule is O=C1[N]CCN(Cc2ccc(OCc3ccccc3)c(OCc3ccccc3)c2)C1=O. The van der Waals surface area contributed by atoms with Crippen molar-refractivity contribution in [1.82, 2.24) is 10.2 Å². The maximum Gasteiger partial charge on any atom is 0.330 e. The first-order valence-corrected chi connectivity index (χ1v) is 10.2. The van der Waals surface area contributed by atoms with Gasteiger partial charge in [-0.2, -0.15) is 0 Å². The average Bonchev–Trinajstić information content (AvgIpc) is 2.81. The molecule has 3 aromatic rings. The Morgan fingerprint density at radius 1 is 0.742 bits per heavy atom. The Kier molecular flexibility index (Phi) is 6.47. The Bertz CT molecular complexity index is 1040. The molecule has 2 amide bonds. The highest BCUT2D eigenvalue weighted by Crippen LogP contribution is 2.30. The third-order valence-electron chi connectivity index (χ3n) is 4.95. The van der Waals surface area contributed by atoms with Gasteiger partial charge in [-0.1, -0.05) is 66.7 Å². The van der Waals surface area contributed by atoms with E-state index in [9.17, 15) is 9.59 Å². The minimum Gasteiger partial charge on any atom is -0.485 e. The van der Waals surface area contributed by atoms with Crippen molar-refractivity contribution in [1.29, 1.82) is 0 Å². The molecule has 6 heteroatoms. The summed E-state index contributed by atoms with van der Waals surface area (Å²) in [6, 6.07) is 25.4. The molecule has 0 saturated carbocycles. The molecule has 0 spiro atoms. The second-order valence-electron chi connectivity index (χ2n) is 7.24. The zero-order valence-electron chi connectivity index (χ0n) is 17.1. The number of carbonyl (C=O) groups is 2. The minimum atomic E-state index is -0.686. The van der Waals surface area contributed by atoms with Gasteiger partial charge in [-0.05, 0) is 28.8 Å². The third kappa shape index (κ3) is 5.42. The summed E-state index contributed by atoms with van der Waals surface area (Å²) < 4.78 is 12.1. The largest absolute Gasteiger partial charge is 0.485 e. The quantitative estimate of drug-likeness (QED) is 0.529. The van der Waals surface area contributed by atoms with Crippen LogP contribution in [-0.2, 0) is 29.3 Å². The number of amides is 2. The number of benzene rings is 3. The topological polar surface area (TPSA) is 69.9 Å². The van der Waals surface area contributed by atoms with Crippen molar-refractivity contribution in [2.75, 3.05) is 13.1 Å². The molecule has 1 saturated heterocycles. The highest BCUT2D eigenvalue weighted by molar-refractivity contribution is 6.35. The van der Waals surface area contributed by atoms with Crippen molar-refractivity contribution in [3.8, 4) is 11.5 Å². The lowest BCUT2D eigenvalue weighted by molar-refractivity contribution is -0.148. The van der Waals surface area contributed by atoms with Crippen LogP contribution in [0.5, 0.6) is 11.5 Å². The first kappa shape index (κ1) is 20.5. The van der Waals surface area contributed by atoms with Gasteiger partial charge in [-0.25, -0.2) is 5.32 Å². The lowest BCUT2D eigenvalue weighted by Gasteiger charge is -2.25. The van der Waals surface area contributed by atoms with Crippen LogP contribution < -0.4 is 14.8 Å². The normalized spacial score (nSPS) is 13.6. The Labute approximate surface area is 181 Å². The summed E-state index contributed by atoms with van der Waals surface area (Å²) in [5.41, 5.74) is 2.96. The number of carbonyl (C=O) groups excluding carboxylic acids is 2. The Morgan fingerprint density at radius 3 is 2.00 bits per heavy atom. The highest BCUT2D eigenvalue weighted by Gasteiger charge is 2.27. The molecule has 0 bridgehead atoms. The smallest absolute Gasteiger partial charge is 0.330 e. The lowest BCUT2D eigenvalue weighted by Crippen LogP contribution is -2.48. The van der Waals surface area contributed by atoms with Crippen LogP contribution >= 0.6 is 0 Å². The van der Waals surface area contributed by atoms with Gasteiger partial charge in [0.05, 0.1) is 6.54 Å². The fourth-order valence-corrected chi connectivity index (χ4v) is 3.30. The van der Waals surface area contributed by atoms with Gasteiger partial charge in [0.15, 0.2) is 11.5 Å². The Balaban J connectivity index is 1.51. The summed E-state index contributed by atoms with van der Waals surface area (Å²) in [5.74, 6) is -0.0330. The standard InChI is InChI=1S/C25H23N2O4/c28-24-25(29)27(14-13-26-24)16-21-11-12-22(30-17-19-7-3-1-4-8-19)23(15-21)31-18-20-9-5-2-6-10-20/h1-12,15H,13-14,16-18H2. The van der Waals surface area contributed by atoms with E-state index in [2.05, 4.69) is 5.32 Å². The van der Waals surface area contributed by atoms with Crippen molar-refractivity contribution in [2.45, 2.75) is 19.8 Å². The molecule has 4 rings (SSSR count). The van der Waals surface area contributed by atoms with Crippen molar-refractivity contribution in [3.05, 3.63) is 95.6 Å². The maximum absolute atomic E-state index is 12.1. The van der Waals surface area contributed by atoms with E-state index >= 15 is 0 Å². The molecule has 1 heterocycles. The summed E-state index contributed by atoms with van der Waals surface area (Å²) in [5, 5.41) is 3.68. The van der Waals surface area contributed by atoms with Crippen LogP contribution in [-0.4, -0.2) is 29.8 Å². The highest BCUT2D eigenvalue weighted by atomic mass is 16.5. The zero-order chi connectivity index (χ0) is 21.5. The van der Waals surface area contributed by atoms with Gasteiger partial charge in [0.2, 0.25) is 0 Å². The molecule has 1 fully saturated rings. The minimum absolute atomic E-state index is 0.320. The van der Waals surface area contributed by atoms with Crippen molar-refractivity contribution >= 4 is 11.8 Å². The van der Waals surface area contributed by atoms with Crippen LogP contribution in [0.3, 0.4) is 0 Å². The molecule has 0 atom stereocenters. The first-order valence-electron chi connectivity index (χ1n) is 10.2. The number of hydrogen-bond acceptors (Lipinski definition) is 4. The van der Waals surface area contributed by atoms with Gasteiger partial charge in [-0.3, -0.25) is 9.59 Å². The predicted octanol–water partition coefficient (Wildman–Crippen LogP) is 3.32. The molecule has 0 aliphatic carbocycles. The van der Waals surface area contributed by atoms with Gasteiger partial charge in [0, 0.05) is 13.1 Å². The van der Waals surface area contributed by atoms with Gasteiger partial charge >= 0.3 is 11.8 Å². The van der Waals surface area contributed by atoms with E-state index in [1.165, 1.54) is 4.90 Å². The number of hydrogen-bond donors (Lipinski definition) is 0. The molecule has 31 heavy (non-hydrogen) atoms. The molecule has 3 aromatic carbocycles. The van der Waals surface area contributed by atoms with Gasteiger partial charge in [-0.15, -0.1) is 0 Å². The fourth-order valence-electron chi connectivity index (χ4n) is 3.30. The average molecular weight is 415 g/mol. The lowest BCUT2D eigenvalue weighted by atomic mass is 10.1. The predicted molar refractivity (Wildman–Crippen MR) is 115 cm³/mol. The molecule has 0 N–H and O–H groups in total. The molecule has 6 nitrogen and oxygen atoms in total. The van der Waals surface area contributed by atoms with Crippen LogP contribution in [0, 0.1) is 0 Å². The van der Waals surface area contributed by atoms with Crippen molar-refractivity contribution in [2.24, 2.45) is 0 Å². The van der Waals surface area contributed by atoms with Gasteiger partial charge in [0.25, 0.3) is 0 Å². The monoisotopic (exact) mass is 415 g/mol. The number of piperazine rings is 1. The van der Waals surface area contributed by atoms with Crippen LogP contribution in [0.4, 0.5) is 0 Å². The molecule has 1 radical (unpaired) electrons. The molecule has 157 valence electrons. The summed E-state index contributed by atoms with van der Waals surface area (Å²) in [7, 11) is 0. The molecule has 1 aliphatic rings. The van der Waals surface area contributed by atoms with Crippen LogP contribution in [0.2, 0.25) is 0 Å². The second kappa shape index (κ2) is 9.80. The first-order chi connectivity index (χ1) is 15.2. The molecular weight excluding hydrogens is 392 g/mol. The van der Waals surface area contributed by atoms with E-state index in [0.717, 1.165) is 16.7 Å². The number of ether oxygens (including phenoxy) is 2. The third-order valence-corrected chi connectivity index (χ3v) is 4.95. The van der Waals surface area contributed by atoms with Gasteiger partial charge in [0.1, 0.15) is 13.2 Å². The van der Waals surface area contributed by atoms with E-state index < -0.39 is 11.8 Å². The molecular formula is C25H23N2O4. The van der Waals surface area contributed by atoms with Crippen LogP contribution in [0.15, 0.2) is 78.9 Å². The van der Waals surface area contributed by atoms with E-state index in [1.54, 1.807) is 0 Å². The van der Waals surface area contributed by atoms with Crippen molar-refractivity contribution in [3.63, 3.8) is 0 Å². The number of rotatable bonds is 8. The van der Waals surface area contributed by atoms with Crippen LogP contribution in [0.1, 0.15) is 16.7 Å². The van der Waals surface area contributed by atoms with Crippen LogP contribution in [0.25, 0.3) is 0 Å². The van der Waals surface area contributed by atoms with E-state index in [0.29, 0.717) is 44.3 Å². The Morgan fingerprint density at radius 2 is 1.35 bits per heavy atom. The Hall–Kier alpha value is -3.80. The summed E-state index contributed by atoms with van der Waals surface area (Å²) >= 11 is 0. The van der Waals surface area contributed by atoms with Crippen molar-refractivity contribution < 1.29 is 19.1 Å². The number of nitrogens with zero attached hydrogens (tertiary/aromatic N) is 2. The summed E-state index contributed by atoms with van der Waals surface area (Å²) in [6.45, 7) is 1.90. The summed E-state index contributed by atoms with van der Waals surface area (Å²) in [4.78, 5) is 25.2. The van der Waals surface area contributed by atoms with Gasteiger partial charge < -0.3 is 14.4 Å². The molecule has 1 aliphatic heterocycles. The fraction of sp³-hybridized carbons (Fsp3) is 0.200. The van der Waals surface area contributed by atoms with E-state index in [-0.39, 0.29) is 0 Å². The second-order valence-corrected chi connectivity index (χ2v) is 7.24. The zero-order valence-corrected chi connectivity index (χ0v) is 17.1. The molecule has 0 aromatic heterocycles.